The van der Waals surface area contributed by atoms with Crippen molar-refractivity contribution in [3.8, 4) is 5.75 Å². The predicted molar refractivity (Wildman–Crippen MR) is 82.8 cm³/mol. The number of aromatic amines is 1. The fourth-order valence-corrected chi connectivity index (χ4v) is 2.88. The second-order valence-electron chi connectivity index (χ2n) is 5.40. The number of rotatable bonds is 4. The average Bonchev–Trinajstić information content (AvgIpc) is 2.98. The number of benzene rings is 1. The first-order chi connectivity index (χ1) is 10.7. The molecule has 0 unspecified atom stereocenters. The van der Waals surface area contributed by atoms with Gasteiger partial charge in [0.15, 0.2) is 0 Å². The number of piperazine rings is 1. The van der Waals surface area contributed by atoms with Crippen LogP contribution in [0.2, 0.25) is 0 Å². The highest BCUT2D eigenvalue weighted by atomic mass is 16.5. The van der Waals surface area contributed by atoms with Gasteiger partial charge in [-0.15, -0.1) is 0 Å². The van der Waals surface area contributed by atoms with Gasteiger partial charge in [-0.2, -0.15) is 0 Å². The maximum Gasteiger partial charge on any atom is 0.227 e. The van der Waals surface area contributed by atoms with Crippen molar-refractivity contribution < 1.29 is 14.3 Å². The Morgan fingerprint density at radius 1 is 1.32 bits per heavy atom. The van der Waals surface area contributed by atoms with Crippen molar-refractivity contribution in [3.05, 3.63) is 30.0 Å². The molecule has 1 aliphatic heterocycles. The van der Waals surface area contributed by atoms with Gasteiger partial charge in [-0.25, -0.2) is 0 Å². The molecular weight excluding hydrogens is 282 g/mol. The van der Waals surface area contributed by atoms with Crippen LogP contribution in [0.15, 0.2) is 24.4 Å². The van der Waals surface area contributed by atoms with Crippen LogP contribution in [0.5, 0.6) is 5.75 Å². The molecular formula is C16H19N3O3. The normalized spacial score (nSPS) is 15.1. The Bertz CT molecular complexity index is 687. The summed E-state index contributed by atoms with van der Waals surface area (Å²) in [7, 11) is 1.63. The van der Waals surface area contributed by atoms with E-state index in [1.54, 1.807) is 12.0 Å². The minimum atomic E-state index is 0.0809. The molecule has 22 heavy (non-hydrogen) atoms. The number of nitrogens with one attached hydrogen (secondary N) is 1. The van der Waals surface area contributed by atoms with Gasteiger partial charge in [-0.05, 0) is 17.7 Å². The number of amides is 2. The first-order valence-electron chi connectivity index (χ1n) is 7.33. The molecule has 2 aromatic rings. The maximum atomic E-state index is 12.5. The highest BCUT2D eigenvalue weighted by molar-refractivity contribution is 5.93. The van der Waals surface area contributed by atoms with Gasteiger partial charge in [0, 0.05) is 43.3 Å². The summed E-state index contributed by atoms with van der Waals surface area (Å²) >= 11 is 0. The standard InChI is InChI=1S/C16H19N3O3/c1-22-14-4-2-3-13-16(14)12(10-17-13)9-15(21)19-7-5-18(11-20)6-8-19/h2-4,10-11,17H,5-9H2,1H3. The molecule has 1 aromatic carbocycles. The molecule has 0 saturated carbocycles. The second-order valence-corrected chi connectivity index (χ2v) is 5.40. The Morgan fingerprint density at radius 2 is 2.09 bits per heavy atom. The zero-order valence-electron chi connectivity index (χ0n) is 12.5. The van der Waals surface area contributed by atoms with E-state index in [1.807, 2.05) is 29.3 Å². The number of nitrogens with zero attached hydrogens (tertiary/aromatic N) is 2. The molecule has 1 aromatic heterocycles. The van der Waals surface area contributed by atoms with Crippen molar-refractivity contribution in [2.75, 3.05) is 33.3 Å². The van der Waals surface area contributed by atoms with Gasteiger partial charge in [0.1, 0.15) is 5.75 Å². The lowest BCUT2D eigenvalue weighted by molar-refractivity contribution is -0.134. The van der Waals surface area contributed by atoms with Crippen LogP contribution in [0.4, 0.5) is 0 Å². The van der Waals surface area contributed by atoms with E-state index in [2.05, 4.69) is 4.98 Å². The number of fused-ring (bicyclic) bond motifs is 1. The van der Waals surface area contributed by atoms with E-state index >= 15 is 0 Å². The summed E-state index contributed by atoms with van der Waals surface area (Å²) in [5, 5.41) is 0.963. The number of aromatic nitrogens is 1. The van der Waals surface area contributed by atoms with E-state index in [0.29, 0.717) is 32.6 Å². The summed E-state index contributed by atoms with van der Waals surface area (Å²) in [4.78, 5) is 29.9. The fraction of sp³-hybridized carbons (Fsp3) is 0.375. The van der Waals surface area contributed by atoms with E-state index in [0.717, 1.165) is 28.6 Å². The molecule has 0 radical (unpaired) electrons. The van der Waals surface area contributed by atoms with Crippen molar-refractivity contribution in [2.24, 2.45) is 0 Å². The molecule has 1 N–H and O–H groups in total. The molecule has 2 heterocycles. The topological polar surface area (TPSA) is 65.6 Å². The molecule has 1 aliphatic rings. The molecule has 0 spiro atoms. The molecule has 3 rings (SSSR count). The van der Waals surface area contributed by atoms with Crippen LogP contribution in [0.1, 0.15) is 5.56 Å². The molecule has 1 saturated heterocycles. The molecule has 0 bridgehead atoms. The lowest BCUT2D eigenvalue weighted by Gasteiger charge is -2.32. The van der Waals surface area contributed by atoms with Crippen molar-refractivity contribution >= 4 is 23.2 Å². The summed E-state index contributed by atoms with van der Waals surface area (Å²) in [6.45, 7) is 2.40. The zero-order valence-corrected chi connectivity index (χ0v) is 12.5. The van der Waals surface area contributed by atoms with Crippen molar-refractivity contribution in [3.63, 3.8) is 0 Å². The highest BCUT2D eigenvalue weighted by Gasteiger charge is 2.21. The molecule has 116 valence electrons. The van der Waals surface area contributed by atoms with Crippen molar-refractivity contribution in [1.82, 2.24) is 14.8 Å². The Hall–Kier alpha value is -2.50. The third kappa shape index (κ3) is 2.64. The van der Waals surface area contributed by atoms with Crippen LogP contribution in [-0.4, -0.2) is 60.4 Å². The van der Waals surface area contributed by atoms with E-state index in [-0.39, 0.29) is 5.91 Å². The largest absolute Gasteiger partial charge is 0.496 e. The number of carbonyl (C=O) groups is 2. The van der Waals surface area contributed by atoms with Gasteiger partial charge in [-0.1, -0.05) is 6.07 Å². The molecule has 0 aliphatic carbocycles. The Kier molecular flexibility index (Phi) is 4.00. The Balaban J connectivity index is 1.76. The first kappa shape index (κ1) is 14.4. The second kappa shape index (κ2) is 6.09. The lowest BCUT2D eigenvalue weighted by Crippen LogP contribution is -2.48. The van der Waals surface area contributed by atoms with Crippen molar-refractivity contribution in [2.45, 2.75) is 6.42 Å². The molecule has 2 amide bonds. The van der Waals surface area contributed by atoms with Crippen LogP contribution >= 0.6 is 0 Å². The van der Waals surface area contributed by atoms with E-state index in [1.165, 1.54) is 0 Å². The molecule has 6 heteroatoms. The van der Waals surface area contributed by atoms with Crippen LogP contribution in [0, 0.1) is 0 Å². The number of hydrogen-bond acceptors (Lipinski definition) is 3. The maximum absolute atomic E-state index is 12.5. The summed E-state index contributed by atoms with van der Waals surface area (Å²) in [5.74, 6) is 0.852. The molecule has 1 fully saturated rings. The first-order valence-corrected chi connectivity index (χ1v) is 7.33. The number of hydrogen-bond donors (Lipinski definition) is 1. The smallest absolute Gasteiger partial charge is 0.227 e. The predicted octanol–water partition coefficient (Wildman–Crippen LogP) is 1.02. The van der Waals surface area contributed by atoms with Crippen LogP contribution < -0.4 is 4.74 Å². The number of methoxy groups -OCH3 is 1. The van der Waals surface area contributed by atoms with Crippen LogP contribution in [0.3, 0.4) is 0 Å². The average molecular weight is 301 g/mol. The minimum absolute atomic E-state index is 0.0809. The van der Waals surface area contributed by atoms with Gasteiger partial charge >= 0.3 is 0 Å². The monoisotopic (exact) mass is 301 g/mol. The number of H-pyrrole nitrogens is 1. The van der Waals surface area contributed by atoms with Gasteiger partial charge < -0.3 is 19.5 Å². The van der Waals surface area contributed by atoms with Gasteiger partial charge in [0.2, 0.25) is 12.3 Å². The third-order valence-electron chi connectivity index (χ3n) is 4.13. The van der Waals surface area contributed by atoms with Gasteiger partial charge in [0.05, 0.1) is 13.5 Å². The van der Waals surface area contributed by atoms with Gasteiger partial charge in [-0.3, -0.25) is 9.59 Å². The van der Waals surface area contributed by atoms with Crippen LogP contribution in [0.25, 0.3) is 10.9 Å². The quantitative estimate of drug-likeness (QED) is 0.858. The van der Waals surface area contributed by atoms with Crippen molar-refractivity contribution in [1.29, 1.82) is 0 Å². The third-order valence-corrected chi connectivity index (χ3v) is 4.13. The van der Waals surface area contributed by atoms with Crippen LogP contribution in [-0.2, 0) is 16.0 Å². The summed E-state index contributed by atoms with van der Waals surface area (Å²) in [5.41, 5.74) is 1.91. The van der Waals surface area contributed by atoms with Gasteiger partial charge in [0.25, 0.3) is 0 Å². The Labute approximate surface area is 128 Å². The summed E-state index contributed by atoms with van der Waals surface area (Å²) in [6, 6.07) is 5.78. The Morgan fingerprint density at radius 3 is 2.77 bits per heavy atom. The number of carbonyl (C=O) groups excluding carboxylic acids is 2. The van der Waals surface area contributed by atoms with E-state index in [4.69, 9.17) is 4.74 Å². The SMILES string of the molecule is COc1cccc2[nH]cc(CC(=O)N3CCN(C=O)CC3)c12. The van der Waals surface area contributed by atoms with E-state index < -0.39 is 0 Å². The zero-order chi connectivity index (χ0) is 15.5. The lowest BCUT2D eigenvalue weighted by atomic mass is 10.1. The summed E-state index contributed by atoms with van der Waals surface area (Å²) in [6.07, 6.45) is 3.04. The number of ether oxygens (including phenoxy) is 1. The molecule has 6 nitrogen and oxygen atoms in total. The summed E-state index contributed by atoms with van der Waals surface area (Å²) < 4.78 is 5.39. The fourth-order valence-electron chi connectivity index (χ4n) is 2.88. The minimum Gasteiger partial charge on any atom is -0.496 e. The highest BCUT2D eigenvalue weighted by Crippen LogP contribution is 2.29. The van der Waals surface area contributed by atoms with E-state index in [9.17, 15) is 9.59 Å². The molecule has 0 atom stereocenters.